The maximum absolute atomic E-state index is 12.5. The number of nitrogens with zero attached hydrogens (tertiary/aromatic N) is 3. The third-order valence-corrected chi connectivity index (χ3v) is 3.21. The average molecular weight is 291 g/mol. The molecule has 0 aromatic carbocycles. The molecule has 5 nitrogen and oxygen atoms in total. The third-order valence-electron chi connectivity index (χ3n) is 3.21. The number of likely N-dealkylation sites (N-methyl/N-ethyl adjacent to an activating group) is 2. The van der Waals surface area contributed by atoms with Crippen molar-refractivity contribution in [2.45, 2.75) is 20.8 Å². The van der Waals surface area contributed by atoms with E-state index in [1.165, 1.54) is 6.20 Å². The molecule has 0 atom stereocenters. The van der Waals surface area contributed by atoms with E-state index in [0.717, 1.165) is 6.54 Å². The van der Waals surface area contributed by atoms with Gasteiger partial charge in [0.1, 0.15) is 0 Å². The molecule has 0 aliphatic heterocycles. The molecule has 21 heavy (non-hydrogen) atoms. The van der Waals surface area contributed by atoms with E-state index in [2.05, 4.69) is 4.98 Å². The van der Waals surface area contributed by atoms with E-state index in [1.54, 1.807) is 24.2 Å². The molecule has 1 rings (SSSR count). The number of amides is 1. The summed E-state index contributed by atoms with van der Waals surface area (Å²) in [6.45, 7) is 6.91. The second-order valence-electron chi connectivity index (χ2n) is 6.53. The Kier molecular flexibility index (Phi) is 5.61. The molecule has 1 aromatic heterocycles. The van der Waals surface area contributed by atoms with E-state index in [4.69, 9.17) is 0 Å². The van der Waals surface area contributed by atoms with Crippen LogP contribution >= 0.6 is 0 Å². The fourth-order valence-electron chi connectivity index (χ4n) is 1.82. The summed E-state index contributed by atoms with van der Waals surface area (Å²) in [5.41, 5.74) is 0.288. The number of pyridine rings is 1. The molecule has 0 bridgehead atoms. The molecule has 0 saturated carbocycles. The monoisotopic (exact) mass is 291 g/mol. The molecule has 0 aliphatic rings. The highest BCUT2D eigenvalue weighted by atomic mass is 16.2. The van der Waals surface area contributed by atoms with Crippen LogP contribution in [0.4, 0.5) is 0 Å². The van der Waals surface area contributed by atoms with E-state index in [1.807, 2.05) is 39.8 Å². The van der Waals surface area contributed by atoms with Crippen LogP contribution in [0.1, 0.15) is 41.5 Å². The predicted molar refractivity (Wildman–Crippen MR) is 83.5 cm³/mol. The van der Waals surface area contributed by atoms with Crippen molar-refractivity contribution in [1.29, 1.82) is 0 Å². The van der Waals surface area contributed by atoms with Crippen LogP contribution in [0.5, 0.6) is 0 Å². The Labute approximate surface area is 127 Å². The van der Waals surface area contributed by atoms with Crippen molar-refractivity contribution in [2.75, 3.05) is 34.2 Å². The second kappa shape index (κ2) is 6.80. The maximum atomic E-state index is 12.5. The summed E-state index contributed by atoms with van der Waals surface area (Å²) in [5, 5.41) is 0. The molecule has 1 heterocycles. The van der Waals surface area contributed by atoms with Gasteiger partial charge in [0.15, 0.2) is 5.78 Å². The van der Waals surface area contributed by atoms with Crippen LogP contribution in [0.15, 0.2) is 18.5 Å². The SMILES string of the molecule is CN(C)CCN(C)C(=O)c1cnccc1C(=O)C(C)(C)C. The molecule has 0 radical (unpaired) electrons. The Morgan fingerprint density at radius 2 is 1.71 bits per heavy atom. The normalized spacial score (nSPS) is 11.6. The van der Waals surface area contributed by atoms with Crippen LogP contribution in [-0.4, -0.2) is 60.7 Å². The second-order valence-corrected chi connectivity index (χ2v) is 6.53. The Balaban J connectivity index is 3.03. The minimum absolute atomic E-state index is 0.0470. The number of hydrogen-bond acceptors (Lipinski definition) is 4. The fourth-order valence-corrected chi connectivity index (χ4v) is 1.82. The van der Waals surface area contributed by atoms with Crippen molar-refractivity contribution >= 4 is 11.7 Å². The van der Waals surface area contributed by atoms with Crippen LogP contribution in [0.2, 0.25) is 0 Å². The molecular formula is C16H25N3O2. The van der Waals surface area contributed by atoms with Crippen molar-refractivity contribution < 1.29 is 9.59 Å². The first kappa shape index (κ1) is 17.3. The van der Waals surface area contributed by atoms with E-state index < -0.39 is 5.41 Å². The topological polar surface area (TPSA) is 53.5 Å². The fraction of sp³-hybridized carbons (Fsp3) is 0.562. The van der Waals surface area contributed by atoms with E-state index >= 15 is 0 Å². The van der Waals surface area contributed by atoms with Crippen molar-refractivity contribution in [3.63, 3.8) is 0 Å². The summed E-state index contributed by atoms with van der Waals surface area (Å²) in [6, 6.07) is 1.63. The third kappa shape index (κ3) is 4.63. The standard InChI is InChI=1S/C16H25N3O2/c1-16(2,3)14(20)12-7-8-17-11-13(12)15(21)19(6)10-9-18(4)5/h7-8,11H,9-10H2,1-6H3. The number of rotatable bonds is 5. The first-order valence-electron chi connectivity index (χ1n) is 7.03. The van der Waals surface area contributed by atoms with Gasteiger partial charge in [-0.1, -0.05) is 20.8 Å². The highest BCUT2D eigenvalue weighted by Crippen LogP contribution is 2.23. The smallest absolute Gasteiger partial charge is 0.255 e. The Bertz CT molecular complexity index is 518. The number of carbonyl (C=O) groups excluding carboxylic acids is 2. The molecule has 0 aliphatic carbocycles. The van der Waals surface area contributed by atoms with Crippen LogP contribution < -0.4 is 0 Å². The predicted octanol–water partition coefficient (Wildman–Crippen LogP) is 1.94. The van der Waals surface area contributed by atoms with Gasteiger partial charge in [-0.2, -0.15) is 0 Å². The summed E-state index contributed by atoms with van der Waals surface area (Å²) in [4.78, 5) is 32.6. The molecule has 1 aromatic rings. The van der Waals surface area contributed by atoms with Gasteiger partial charge in [0, 0.05) is 43.5 Å². The summed E-state index contributed by atoms with van der Waals surface area (Å²) in [6.07, 6.45) is 3.03. The Morgan fingerprint density at radius 3 is 2.24 bits per heavy atom. The minimum atomic E-state index is -0.529. The molecule has 1 amide bonds. The number of hydrogen-bond donors (Lipinski definition) is 0. The molecular weight excluding hydrogens is 266 g/mol. The number of ketones is 1. The van der Waals surface area contributed by atoms with Crippen molar-refractivity contribution in [3.05, 3.63) is 29.6 Å². The van der Waals surface area contributed by atoms with Gasteiger partial charge in [0.05, 0.1) is 5.56 Å². The van der Waals surface area contributed by atoms with Gasteiger partial charge in [-0.3, -0.25) is 14.6 Å². The zero-order valence-corrected chi connectivity index (χ0v) is 13.8. The van der Waals surface area contributed by atoms with Gasteiger partial charge >= 0.3 is 0 Å². The van der Waals surface area contributed by atoms with Crippen LogP contribution in [-0.2, 0) is 0 Å². The Morgan fingerprint density at radius 1 is 1.10 bits per heavy atom. The summed E-state index contributed by atoms with van der Waals surface area (Å²) >= 11 is 0. The zero-order valence-electron chi connectivity index (χ0n) is 13.8. The highest BCUT2D eigenvalue weighted by molar-refractivity contribution is 6.09. The quantitative estimate of drug-likeness (QED) is 0.778. The van der Waals surface area contributed by atoms with Crippen LogP contribution in [0, 0.1) is 5.41 Å². The zero-order chi connectivity index (χ0) is 16.2. The first-order valence-corrected chi connectivity index (χ1v) is 7.03. The van der Waals surface area contributed by atoms with Gasteiger partial charge in [-0.05, 0) is 20.2 Å². The van der Waals surface area contributed by atoms with Crippen molar-refractivity contribution in [3.8, 4) is 0 Å². The molecule has 5 heteroatoms. The first-order chi connectivity index (χ1) is 9.64. The van der Waals surface area contributed by atoms with Crippen molar-refractivity contribution in [1.82, 2.24) is 14.8 Å². The van der Waals surface area contributed by atoms with Crippen LogP contribution in [0.3, 0.4) is 0 Å². The summed E-state index contributed by atoms with van der Waals surface area (Å²) in [7, 11) is 5.65. The van der Waals surface area contributed by atoms with Gasteiger partial charge < -0.3 is 9.80 Å². The maximum Gasteiger partial charge on any atom is 0.255 e. The minimum Gasteiger partial charge on any atom is -0.340 e. The lowest BCUT2D eigenvalue weighted by Crippen LogP contribution is -2.35. The lowest BCUT2D eigenvalue weighted by atomic mass is 9.85. The average Bonchev–Trinajstić information content (AvgIpc) is 2.42. The summed E-state index contributed by atoms with van der Waals surface area (Å²) < 4.78 is 0. The van der Waals surface area contributed by atoms with Gasteiger partial charge in [0.25, 0.3) is 5.91 Å². The van der Waals surface area contributed by atoms with Gasteiger partial charge in [-0.15, -0.1) is 0 Å². The molecule has 0 N–H and O–H groups in total. The Hall–Kier alpha value is -1.75. The molecule has 0 fully saturated rings. The highest BCUT2D eigenvalue weighted by Gasteiger charge is 2.28. The molecule has 116 valence electrons. The van der Waals surface area contributed by atoms with Gasteiger partial charge in [0.2, 0.25) is 0 Å². The molecule has 0 spiro atoms. The number of aromatic nitrogens is 1. The van der Waals surface area contributed by atoms with E-state index in [0.29, 0.717) is 17.7 Å². The number of carbonyl (C=O) groups is 2. The number of Topliss-reactive ketones (excluding diaryl/α,β-unsaturated/α-hetero) is 1. The molecule has 0 saturated heterocycles. The van der Waals surface area contributed by atoms with E-state index in [-0.39, 0.29) is 11.7 Å². The lowest BCUT2D eigenvalue weighted by Gasteiger charge is -2.22. The van der Waals surface area contributed by atoms with E-state index in [9.17, 15) is 9.59 Å². The summed E-state index contributed by atoms with van der Waals surface area (Å²) in [5.74, 6) is -0.216. The van der Waals surface area contributed by atoms with Crippen LogP contribution in [0.25, 0.3) is 0 Å². The lowest BCUT2D eigenvalue weighted by molar-refractivity contribution is 0.0770. The van der Waals surface area contributed by atoms with Crippen molar-refractivity contribution in [2.24, 2.45) is 5.41 Å². The van der Waals surface area contributed by atoms with Gasteiger partial charge in [-0.25, -0.2) is 0 Å². The molecule has 0 unspecified atom stereocenters. The largest absolute Gasteiger partial charge is 0.340 e.